The number of aliphatic carboxylic acids is 1. The summed E-state index contributed by atoms with van der Waals surface area (Å²) in [4.78, 5) is 12.9. The topological polar surface area (TPSA) is 52.6 Å². The van der Waals surface area contributed by atoms with E-state index in [1.165, 1.54) is 38.9 Å². The summed E-state index contributed by atoms with van der Waals surface area (Å²) >= 11 is 0. The smallest absolute Gasteiger partial charge is 0.303 e. The Labute approximate surface area is 104 Å². The van der Waals surface area contributed by atoms with Crippen molar-refractivity contribution in [1.82, 2.24) is 10.2 Å². The van der Waals surface area contributed by atoms with Crippen LogP contribution in [0.15, 0.2) is 0 Å². The molecule has 0 amide bonds. The van der Waals surface area contributed by atoms with Crippen molar-refractivity contribution in [2.24, 2.45) is 0 Å². The molecular weight excluding hydrogens is 216 g/mol. The number of hydrogen-bond acceptors (Lipinski definition) is 3. The summed E-state index contributed by atoms with van der Waals surface area (Å²) in [5, 5.41) is 12.0. The average Bonchev–Trinajstić information content (AvgIpc) is 2.33. The first-order chi connectivity index (χ1) is 8.18. The second kappa shape index (κ2) is 8.48. The normalized spacial score (nSPS) is 19.1. The fourth-order valence-electron chi connectivity index (χ4n) is 2.28. The van der Waals surface area contributed by atoms with Crippen LogP contribution in [-0.2, 0) is 4.79 Å². The lowest BCUT2D eigenvalue weighted by atomic mass is 10.1. The zero-order chi connectivity index (χ0) is 12.5. The largest absolute Gasteiger partial charge is 0.481 e. The van der Waals surface area contributed by atoms with Gasteiger partial charge in [-0.3, -0.25) is 4.79 Å². The first-order valence-electron chi connectivity index (χ1n) is 6.86. The highest BCUT2D eigenvalue weighted by Gasteiger charge is 2.09. The van der Waals surface area contributed by atoms with Crippen molar-refractivity contribution in [2.75, 3.05) is 26.2 Å². The number of carbonyl (C=O) groups is 1. The van der Waals surface area contributed by atoms with Crippen LogP contribution in [0, 0.1) is 0 Å². The van der Waals surface area contributed by atoms with Crippen LogP contribution in [0.5, 0.6) is 0 Å². The van der Waals surface area contributed by atoms with Gasteiger partial charge in [-0.1, -0.05) is 6.42 Å². The highest BCUT2D eigenvalue weighted by atomic mass is 16.4. The molecule has 17 heavy (non-hydrogen) atoms. The van der Waals surface area contributed by atoms with Crippen molar-refractivity contribution in [3.8, 4) is 0 Å². The number of carboxylic acid groups (broad SMARTS) is 1. The summed E-state index contributed by atoms with van der Waals surface area (Å²) in [6, 6.07) is 0.312. The molecular formula is C13H26N2O2. The average molecular weight is 242 g/mol. The zero-order valence-electron chi connectivity index (χ0n) is 11.0. The highest BCUT2D eigenvalue weighted by Crippen LogP contribution is 2.08. The maximum Gasteiger partial charge on any atom is 0.303 e. The Morgan fingerprint density at radius 1 is 1.35 bits per heavy atom. The van der Waals surface area contributed by atoms with E-state index in [2.05, 4.69) is 17.1 Å². The molecule has 0 aromatic heterocycles. The first-order valence-corrected chi connectivity index (χ1v) is 6.86. The lowest BCUT2D eigenvalue weighted by Gasteiger charge is -2.26. The minimum atomic E-state index is -0.702. The standard InChI is InChI=1S/C13H26N2O2/c1-12(6-7-13(16)17)14-8-5-11-15-9-3-2-4-10-15/h12,14H,2-11H2,1H3,(H,16,17). The fraction of sp³-hybridized carbons (Fsp3) is 0.923. The van der Waals surface area contributed by atoms with E-state index in [1.807, 2.05) is 0 Å². The maximum absolute atomic E-state index is 10.4. The van der Waals surface area contributed by atoms with E-state index < -0.39 is 5.97 Å². The third-order valence-corrected chi connectivity index (χ3v) is 3.38. The van der Waals surface area contributed by atoms with E-state index in [1.54, 1.807) is 0 Å². The molecule has 1 aliphatic heterocycles. The number of nitrogens with zero attached hydrogens (tertiary/aromatic N) is 1. The molecule has 1 fully saturated rings. The highest BCUT2D eigenvalue weighted by molar-refractivity contribution is 5.66. The van der Waals surface area contributed by atoms with Crippen molar-refractivity contribution >= 4 is 5.97 Å². The van der Waals surface area contributed by atoms with Gasteiger partial charge in [0.2, 0.25) is 0 Å². The summed E-state index contributed by atoms with van der Waals surface area (Å²) in [7, 11) is 0. The van der Waals surface area contributed by atoms with Crippen molar-refractivity contribution in [3.63, 3.8) is 0 Å². The van der Waals surface area contributed by atoms with Gasteiger partial charge in [0.05, 0.1) is 0 Å². The molecule has 1 unspecified atom stereocenters. The quantitative estimate of drug-likeness (QED) is 0.636. The molecule has 1 heterocycles. The van der Waals surface area contributed by atoms with Crippen LogP contribution < -0.4 is 5.32 Å². The van der Waals surface area contributed by atoms with E-state index in [0.717, 1.165) is 19.4 Å². The monoisotopic (exact) mass is 242 g/mol. The molecule has 0 aliphatic carbocycles. The van der Waals surface area contributed by atoms with E-state index in [0.29, 0.717) is 6.04 Å². The van der Waals surface area contributed by atoms with Gasteiger partial charge in [0.1, 0.15) is 0 Å². The fourth-order valence-corrected chi connectivity index (χ4v) is 2.28. The van der Waals surface area contributed by atoms with Crippen molar-refractivity contribution in [2.45, 2.75) is 51.5 Å². The SMILES string of the molecule is CC(CCC(=O)O)NCCCN1CCCCC1. The number of likely N-dealkylation sites (tertiary alicyclic amines) is 1. The van der Waals surface area contributed by atoms with Crippen molar-refractivity contribution < 1.29 is 9.90 Å². The van der Waals surface area contributed by atoms with Gasteiger partial charge in [-0.25, -0.2) is 0 Å². The minimum Gasteiger partial charge on any atom is -0.481 e. The Morgan fingerprint density at radius 3 is 2.71 bits per heavy atom. The van der Waals surface area contributed by atoms with Gasteiger partial charge < -0.3 is 15.3 Å². The Bertz CT molecular complexity index is 215. The Kier molecular flexibility index (Phi) is 7.21. The molecule has 4 heteroatoms. The van der Waals surface area contributed by atoms with E-state index in [9.17, 15) is 4.79 Å². The first kappa shape index (κ1) is 14.5. The third kappa shape index (κ3) is 7.34. The van der Waals surface area contributed by atoms with Crippen LogP contribution in [0.25, 0.3) is 0 Å². The molecule has 0 aromatic rings. The summed E-state index contributed by atoms with van der Waals surface area (Å²) < 4.78 is 0. The Hall–Kier alpha value is -0.610. The third-order valence-electron chi connectivity index (χ3n) is 3.38. The predicted molar refractivity (Wildman–Crippen MR) is 69.2 cm³/mol. The summed E-state index contributed by atoms with van der Waals surface area (Å²) in [6.07, 6.45) is 6.24. The van der Waals surface area contributed by atoms with Crippen LogP contribution in [0.2, 0.25) is 0 Å². The summed E-state index contributed by atoms with van der Waals surface area (Å²) in [5.74, 6) is -0.702. The van der Waals surface area contributed by atoms with E-state index in [4.69, 9.17) is 5.11 Å². The number of carboxylic acids is 1. The Balaban J connectivity index is 1.93. The van der Waals surface area contributed by atoms with Crippen LogP contribution >= 0.6 is 0 Å². The van der Waals surface area contributed by atoms with Gasteiger partial charge in [-0.15, -0.1) is 0 Å². The molecule has 1 aliphatic rings. The minimum absolute atomic E-state index is 0.264. The van der Waals surface area contributed by atoms with Crippen molar-refractivity contribution in [3.05, 3.63) is 0 Å². The summed E-state index contributed by atoms with van der Waals surface area (Å²) in [5.41, 5.74) is 0. The molecule has 100 valence electrons. The number of rotatable bonds is 8. The lowest BCUT2D eigenvalue weighted by Crippen LogP contribution is -2.34. The van der Waals surface area contributed by atoms with E-state index in [-0.39, 0.29) is 6.42 Å². The van der Waals surface area contributed by atoms with Gasteiger partial charge in [0, 0.05) is 12.5 Å². The van der Waals surface area contributed by atoms with Crippen LogP contribution in [-0.4, -0.2) is 48.2 Å². The van der Waals surface area contributed by atoms with Crippen LogP contribution in [0.4, 0.5) is 0 Å². The second-order valence-electron chi connectivity index (χ2n) is 5.04. The molecule has 0 radical (unpaired) electrons. The number of hydrogen-bond donors (Lipinski definition) is 2. The molecule has 1 rings (SSSR count). The van der Waals surface area contributed by atoms with Gasteiger partial charge >= 0.3 is 5.97 Å². The molecule has 2 N–H and O–H groups in total. The molecule has 1 atom stereocenters. The molecule has 0 saturated carbocycles. The lowest BCUT2D eigenvalue weighted by molar-refractivity contribution is -0.137. The van der Waals surface area contributed by atoms with Gasteiger partial charge in [0.15, 0.2) is 0 Å². The van der Waals surface area contributed by atoms with Gasteiger partial charge in [0.25, 0.3) is 0 Å². The molecule has 1 saturated heterocycles. The van der Waals surface area contributed by atoms with E-state index >= 15 is 0 Å². The molecule has 0 aromatic carbocycles. The molecule has 0 spiro atoms. The maximum atomic E-state index is 10.4. The zero-order valence-corrected chi connectivity index (χ0v) is 11.0. The van der Waals surface area contributed by atoms with Crippen LogP contribution in [0.3, 0.4) is 0 Å². The van der Waals surface area contributed by atoms with Crippen molar-refractivity contribution in [1.29, 1.82) is 0 Å². The van der Waals surface area contributed by atoms with Gasteiger partial charge in [-0.05, 0) is 58.8 Å². The molecule has 0 bridgehead atoms. The second-order valence-corrected chi connectivity index (χ2v) is 5.04. The Morgan fingerprint density at radius 2 is 2.06 bits per heavy atom. The number of piperidine rings is 1. The van der Waals surface area contributed by atoms with Crippen LogP contribution in [0.1, 0.15) is 45.4 Å². The number of nitrogens with one attached hydrogen (secondary N) is 1. The predicted octanol–water partition coefficient (Wildman–Crippen LogP) is 1.71. The molecule has 4 nitrogen and oxygen atoms in total. The summed E-state index contributed by atoms with van der Waals surface area (Å²) in [6.45, 7) is 6.75. The van der Waals surface area contributed by atoms with Gasteiger partial charge in [-0.2, -0.15) is 0 Å².